The van der Waals surface area contributed by atoms with Gasteiger partial charge < -0.3 is 5.32 Å². The normalized spacial score (nSPS) is 17.4. The Morgan fingerprint density at radius 2 is 2.44 bits per heavy atom. The second kappa shape index (κ2) is 6.21. The van der Waals surface area contributed by atoms with Crippen molar-refractivity contribution in [2.24, 2.45) is 0 Å². The molecule has 0 aromatic carbocycles. The summed E-state index contributed by atoms with van der Waals surface area (Å²) in [5.41, 5.74) is 1.66. The maximum absolute atomic E-state index is 3.67. The van der Waals surface area contributed by atoms with Crippen LogP contribution in [0.25, 0.3) is 0 Å². The van der Waals surface area contributed by atoms with Crippen LogP contribution in [0.3, 0.4) is 0 Å². The average Bonchev–Trinajstić information content (AvgIpc) is 2.96. The van der Waals surface area contributed by atoms with E-state index in [0.29, 0.717) is 6.04 Å². The summed E-state index contributed by atoms with van der Waals surface area (Å²) in [5.74, 6) is 0. The molecule has 88 valence electrons. The molecule has 1 nitrogen and oxygen atoms in total. The zero-order valence-electron chi connectivity index (χ0n) is 10.0. The average molecular weight is 235 g/mol. The quantitative estimate of drug-likeness (QED) is 0.725. The van der Waals surface area contributed by atoms with E-state index in [1.165, 1.54) is 37.0 Å². The molecule has 2 rings (SSSR count). The standard InChI is InChI=1S/C14H21NS/c1-2-13(14-8-5-11-16-14)15-10-9-12-6-3-4-7-12/h5-6,8,11,13,15H,2-4,7,9-10H2,1H3. The van der Waals surface area contributed by atoms with Gasteiger partial charge in [0, 0.05) is 10.9 Å². The summed E-state index contributed by atoms with van der Waals surface area (Å²) >= 11 is 1.86. The molecule has 1 atom stereocenters. The van der Waals surface area contributed by atoms with Crippen molar-refractivity contribution in [3.05, 3.63) is 34.0 Å². The van der Waals surface area contributed by atoms with Crippen molar-refractivity contribution in [1.82, 2.24) is 5.32 Å². The predicted octanol–water partition coefficient (Wildman–Crippen LogP) is 4.29. The molecule has 0 amide bonds. The van der Waals surface area contributed by atoms with Crippen molar-refractivity contribution in [3.63, 3.8) is 0 Å². The zero-order valence-corrected chi connectivity index (χ0v) is 10.9. The minimum atomic E-state index is 0.557. The topological polar surface area (TPSA) is 12.0 Å². The van der Waals surface area contributed by atoms with Gasteiger partial charge in [0.25, 0.3) is 0 Å². The highest BCUT2D eigenvalue weighted by Gasteiger charge is 2.10. The van der Waals surface area contributed by atoms with Crippen molar-refractivity contribution in [2.45, 2.75) is 45.1 Å². The summed E-state index contributed by atoms with van der Waals surface area (Å²) < 4.78 is 0. The Morgan fingerprint density at radius 1 is 1.50 bits per heavy atom. The third kappa shape index (κ3) is 3.19. The van der Waals surface area contributed by atoms with E-state index in [0.717, 1.165) is 6.54 Å². The van der Waals surface area contributed by atoms with Crippen molar-refractivity contribution in [1.29, 1.82) is 0 Å². The van der Waals surface area contributed by atoms with Crippen LogP contribution in [0, 0.1) is 0 Å². The lowest BCUT2D eigenvalue weighted by Crippen LogP contribution is -2.21. The van der Waals surface area contributed by atoms with Gasteiger partial charge in [0.15, 0.2) is 0 Å². The molecule has 0 bridgehead atoms. The Hall–Kier alpha value is -0.600. The van der Waals surface area contributed by atoms with Crippen molar-refractivity contribution >= 4 is 11.3 Å². The second-order valence-electron chi connectivity index (χ2n) is 4.43. The molecule has 0 fully saturated rings. The summed E-state index contributed by atoms with van der Waals surface area (Å²) in [6.45, 7) is 3.38. The Labute approximate surface area is 103 Å². The fourth-order valence-electron chi connectivity index (χ4n) is 2.31. The van der Waals surface area contributed by atoms with Crippen LogP contribution in [-0.2, 0) is 0 Å². The van der Waals surface area contributed by atoms with Crippen molar-refractivity contribution < 1.29 is 0 Å². The van der Waals surface area contributed by atoms with Gasteiger partial charge in [-0.05, 0) is 50.1 Å². The third-order valence-electron chi connectivity index (χ3n) is 3.27. The minimum Gasteiger partial charge on any atom is -0.309 e. The van der Waals surface area contributed by atoms with E-state index in [1.807, 2.05) is 11.3 Å². The SMILES string of the molecule is CCC(NCCC1=CCCC1)c1cccs1. The van der Waals surface area contributed by atoms with Gasteiger partial charge in [0.2, 0.25) is 0 Å². The van der Waals surface area contributed by atoms with E-state index >= 15 is 0 Å². The van der Waals surface area contributed by atoms with Gasteiger partial charge in [-0.25, -0.2) is 0 Å². The fraction of sp³-hybridized carbons (Fsp3) is 0.571. The summed E-state index contributed by atoms with van der Waals surface area (Å²) in [4.78, 5) is 1.47. The van der Waals surface area contributed by atoms with Crippen LogP contribution in [0.2, 0.25) is 0 Å². The smallest absolute Gasteiger partial charge is 0.0412 e. The fourth-order valence-corrected chi connectivity index (χ4v) is 3.19. The van der Waals surface area contributed by atoms with E-state index in [2.05, 4.69) is 35.8 Å². The first-order chi connectivity index (χ1) is 7.90. The largest absolute Gasteiger partial charge is 0.309 e. The molecule has 1 aliphatic carbocycles. The molecule has 16 heavy (non-hydrogen) atoms. The van der Waals surface area contributed by atoms with E-state index in [9.17, 15) is 0 Å². The Morgan fingerprint density at radius 3 is 3.06 bits per heavy atom. The molecular formula is C14H21NS. The summed E-state index contributed by atoms with van der Waals surface area (Å²) in [7, 11) is 0. The summed E-state index contributed by atoms with van der Waals surface area (Å²) in [6, 6.07) is 4.94. The van der Waals surface area contributed by atoms with Crippen LogP contribution >= 0.6 is 11.3 Å². The number of allylic oxidation sites excluding steroid dienone is 1. The zero-order chi connectivity index (χ0) is 11.2. The molecule has 0 aliphatic heterocycles. The molecular weight excluding hydrogens is 214 g/mol. The van der Waals surface area contributed by atoms with Gasteiger partial charge in [0.05, 0.1) is 0 Å². The minimum absolute atomic E-state index is 0.557. The molecule has 0 saturated heterocycles. The van der Waals surface area contributed by atoms with Crippen LogP contribution in [0.1, 0.15) is 49.9 Å². The molecule has 0 saturated carbocycles. The number of rotatable bonds is 6. The monoisotopic (exact) mass is 235 g/mol. The Kier molecular flexibility index (Phi) is 4.61. The highest BCUT2D eigenvalue weighted by atomic mass is 32.1. The molecule has 1 aromatic heterocycles. The first-order valence-corrected chi connectivity index (χ1v) is 7.23. The van der Waals surface area contributed by atoms with Crippen LogP contribution in [0.5, 0.6) is 0 Å². The molecule has 1 aliphatic rings. The van der Waals surface area contributed by atoms with Crippen LogP contribution < -0.4 is 5.32 Å². The highest BCUT2D eigenvalue weighted by molar-refractivity contribution is 7.10. The van der Waals surface area contributed by atoms with Gasteiger partial charge >= 0.3 is 0 Å². The first kappa shape index (κ1) is 11.9. The van der Waals surface area contributed by atoms with Gasteiger partial charge in [-0.15, -0.1) is 11.3 Å². The van der Waals surface area contributed by atoms with Crippen molar-refractivity contribution in [2.75, 3.05) is 6.54 Å². The molecule has 2 heteroatoms. The van der Waals surface area contributed by atoms with Crippen molar-refractivity contribution in [3.8, 4) is 0 Å². The third-order valence-corrected chi connectivity index (χ3v) is 4.25. The number of nitrogens with one attached hydrogen (secondary N) is 1. The summed E-state index contributed by atoms with van der Waals surface area (Å²) in [5, 5.41) is 5.83. The van der Waals surface area contributed by atoms with Gasteiger partial charge in [-0.2, -0.15) is 0 Å². The van der Waals surface area contributed by atoms with Crippen LogP contribution in [0.15, 0.2) is 29.2 Å². The Bertz CT molecular complexity index is 327. The predicted molar refractivity (Wildman–Crippen MR) is 71.9 cm³/mol. The van der Waals surface area contributed by atoms with Crippen LogP contribution in [0.4, 0.5) is 0 Å². The van der Waals surface area contributed by atoms with E-state index < -0.39 is 0 Å². The van der Waals surface area contributed by atoms with E-state index in [4.69, 9.17) is 0 Å². The molecule has 0 radical (unpaired) electrons. The lowest BCUT2D eigenvalue weighted by Gasteiger charge is -2.15. The maximum Gasteiger partial charge on any atom is 0.0412 e. The number of thiophene rings is 1. The van der Waals surface area contributed by atoms with E-state index in [-0.39, 0.29) is 0 Å². The molecule has 1 N–H and O–H groups in total. The maximum atomic E-state index is 3.67. The summed E-state index contributed by atoms with van der Waals surface area (Å²) in [6.07, 6.45) is 8.85. The van der Waals surface area contributed by atoms with Gasteiger partial charge in [-0.3, -0.25) is 0 Å². The number of hydrogen-bond acceptors (Lipinski definition) is 2. The lowest BCUT2D eigenvalue weighted by molar-refractivity contribution is 0.527. The second-order valence-corrected chi connectivity index (χ2v) is 5.41. The Balaban J connectivity index is 1.75. The van der Waals surface area contributed by atoms with E-state index in [1.54, 1.807) is 5.57 Å². The highest BCUT2D eigenvalue weighted by Crippen LogP contribution is 2.23. The number of hydrogen-bond donors (Lipinski definition) is 1. The molecule has 0 spiro atoms. The lowest BCUT2D eigenvalue weighted by atomic mass is 10.1. The van der Waals surface area contributed by atoms with Gasteiger partial charge in [0.1, 0.15) is 0 Å². The molecule has 1 aromatic rings. The van der Waals surface area contributed by atoms with Gasteiger partial charge in [-0.1, -0.05) is 24.6 Å². The first-order valence-electron chi connectivity index (χ1n) is 6.35. The molecule has 1 unspecified atom stereocenters. The van der Waals surface area contributed by atoms with Crippen LogP contribution in [-0.4, -0.2) is 6.54 Å². The molecule has 1 heterocycles.